The van der Waals surface area contributed by atoms with Gasteiger partial charge in [0.15, 0.2) is 22.8 Å². The molecule has 0 bridgehead atoms. The second kappa shape index (κ2) is 41.7. The average Bonchev–Trinajstić information content (AvgIpc) is 0.744. The quantitative estimate of drug-likeness (QED) is 0.0449. The minimum atomic E-state index is -3.81. The zero-order valence-corrected chi connectivity index (χ0v) is 83.5. The van der Waals surface area contributed by atoms with Crippen molar-refractivity contribution in [1.82, 2.24) is 83.2 Å². The number of carbonyl (C=O) groups excluding carboxylic acids is 3. The number of nitrogens with zero attached hydrogens (tertiary/aromatic N) is 20. The summed E-state index contributed by atoms with van der Waals surface area (Å²) in [5.74, 6) is -1.42. The van der Waals surface area contributed by atoms with Gasteiger partial charge in [-0.1, -0.05) is 188 Å². The second-order valence-corrected chi connectivity index (χ2v) is 40.0. The molecule has 137 heavy (non-hydrogen) atoms. The molecule has 3 aliphatic heterocycles. The number of hydrogen-bond donors (Lipinski definition) is 0. The van der Waals surface area contributed by atoms with Crippen molar-refractivity contribution in [3.63, 3.8) is 0 Å². The molecule has 718 valence electrons. The van der Waals surface area contributed by atoms with Crippen LogP contribution in [0.3, 0.4) is 0 Å². The molecule has 3 aliphatic rings. The third-order valence-corrected chi connectivity index (χ3v) is 27.4. The monoisotopic (exact) mass is 1940 g/mol. The Labute approximate surface area is 810 Å². The van der Waals surface area contributed by atoms with Crippen molar-refractivity contribution in [2.75, 3.05) is 59.7 Å². The number of hydrogen-bond acceptors (Lipinski definition) is 22. The van der Waals surface area contributed by atoms with Gasteiger partial charge < -0.3 is 29.4 Å². The molecule has 35 heteroatoms. The minimum Gasteiger partial charge on any atom is -0.349 e. The molecule has 0 saturated carbocycles. The van der Waals surface area contributed by atoms with E-state index in [1.807, 2.05) is 139 Å². The lowest BCUT2D eigenvalue weighted by atomic mass is 9.95. The zero-order valence-electron chi connectivity index (χ0n) is 80.4. The predicted octanol–water partition coefficient (Wildman–Crippen LogP) is 19.1. The molecule has 0 N–H and O–H groups in total. The Morgan fingerprint density at radius 3 is 0.956 bits per heavy atom. The van der Waals surface area contributed by atoms with Crippen LogP contribution in [0.4, 0.5) is 30.6 Å². The number of sulfone groups is 1. The van der Waals surface area contributed by atoms with Crippen molar-refractivity contribution >= 4 is 119 Å². The van der Waals surface area contributed by atoms with Gasteiger partial charge in [0, 0.05) is 105 Å². The average molecular weight is 1940 g/mol. The number of fused-ring (bicyclic) bond motifs is 3. The molecule has 3 aromatic carbocycles. The van der Waals surface area contributed by atoms with Crippen molar-refractivity contribution in [1.29, 1.82) is 0 Å². The van der Waals surface area contributed by atoms with Gasteiger partial charge in [0.05, 0.1) is 93.9 Å². The first-order valence-electron chi connectivity index (χ1n) is 45.8. The summed E-state index contributed by atoms with van der Waals surface area (Å²) in [6.07, 6.45) is 9.40. The van der Waals surface area contributed by atoms with Crippen molar-refractivity contribution in [2.24, 2.45) is 0 Å². The Bertz CT molecular complexity index is 7030. The molecule has 0 radical (unpaired) electrons. The molecule has 3 saturated heterocycles. The molecule has 0 aliphatic carbocycles. The summed E-state index contributed by atoms with van der Waals surface area (Å²) >= 11 is 20.5. The molecule has 6 atom stereocenters. The second-order valence-electron chi connectivity index (χ2n) is 36.7. The molecular weight excluding hydrogens is 1830 g/mol. The highest BCUT2D eigenvalue weighted by atomic mass is 35.5. The highest BCUT2D eigenvalue weighted by molar-refractivity contribution is 7.91. The molecule has 0 spiro atoms. The molecule has 6 unspecified atom stereocenters. The van der Waals surface area contributed by atoms with E-state index < -0.39 is 44.4 Å². The van der Waals surface area contributed by atoms with Crippen molar-refractivity contribution < 1.29 is 36.0 Å². The van der Waals surface area contributed by atoms with Crippen LogP contribution >= 0.6 is 34.8 Å². The van der Waals surface area contributed by atoms with Gasteiger partial charge in [-0.05, 0) is 173 Å². The number of piperazine rings is 3. The summed E-state index contributed by atoms with van der Waals surface area (Å²) < 4.78 is 76.1. The van der Waals surface area contributed by atoms with E-state index in [0.717, 1.165) is 11.1 Å². The van der Waals surface area contributed by atoms with Crippen LogP contribution in [0.5, 0.6) is 0 Å². The van der Waals surface area contributed by atoms with Crippen LogP contribution in [0.2, 0.25) is 15.1 Å². The van der Waals surface area contributed by atoms with Crippen LogP contribution in [-0.2, 0) is 24.2 Å². The highest BCUT2D eigenvalue weighted by Gasteiger charge is 2.41. The fraction of sp³-hybridized carbons (Fsp3) is 0.382. The maximum atomic E-state index is 15.2. The first-order chi connectivity index (χ1) is 64.9. The number of anilines is 3. The van der Waals surface area contributed by atoms with Crippen molar-refractivity contribution in [3.8, 4) is 50.8 Å². The molecule has 15 rings (SSSR count). The Morgan fingerprint density at radius 1 is 0.409 bits per heavy atom. The number of benzene rings is 3. The summed E-state index contributed by atoms with van der Waals surface area (Å²) in [6.45, 7) is 54.1. The van der Waals surface area contributed by atoms with E-state index in [2.05, 4.69) is 56.2 Å². The summed E-state index contributed by atoms with van der Waals surface area (Å²) in [5, 5.41) is 1.72. The summed E-state index contributed by atoms with van der Waals surface area (Å²) in [7, 11) is -3.81. The van der Waals surface area contributed by atoms with Crippen LogP contribution in [0.1, 0.15) is 213 Å². The van der Waals surface area contributed by atoms with E-state index in [9.17, 15) is 37.2 Å². The summed E-state index contributed by atoms with van der Waals surface area (Å²) in [6, 6.07) is 22.4. The Hall–Kier alpha value is -12.8. The molecule has 3 amide bonds. The first kappa shape index (κ1) is 102. The van der Waals surface area contributed by atoms with E-state index in [4.69, 9.17) is 59.7 Å². The number of aromatic nitrogens is 14. The van der Waals surface area contributed by atoms with Gasteiger partial charge >= 0.3 is 17.1 Å². The van der Waals surface area contributed by atoms with Gasteiger partial charge in [-0.2, -0.15) is 15.0 Å². The third-order valence-electron chi connectivity index (χ3n) is 24.8. The molecule has 12 aromatic rings. The van der Waals surface area contributed by atoms with Gasteiger partial charge in [-0.3, -0.25) is 19.4 Å². The summed E-state index contributed by atoms with van der Waals surface area (Å²) in [4.78, 5) is 144. The topological polar surface area (TPSA) is 313 Å². The molecule has 12 heterocycles. The standard InChI is InChI=1S/C35H41ClFN7O4S.C34H37ClFN7O2.C33H36ClFN6O2/c1-9-15-49(47,48)34-39-28(19(3)4)31(29(40-34)20(5)6)44-33-24(16-25(36)30(38-33)23-13-11-12-14-26(23)37)32(41-35(44)46)43-18-21(7)42(17-22(43)8)27(45)10-2;1-9-26-37-28(18(3)4)31(29(38-26)19(5)6)43-33-23(15-24(35)30(39-33)22-13-11-12-14-25(22)36)32(40-34(43)45)42-17-20(7)41(16-21(42)8)27(44)10-2;1-8-28(42)39-16-21(7)40(17-20(39)6)31-23-13-26(34)29(22-11-9-10-12-27(22)35)37-32(23)41(33(43)38-31)30-24(18(2)3)14-36-15-25(30)19(4)5/h10-14,16,19-22H,2,9,15,17-18H2,1,3-8H3;9-15,18-21H,1-2,16-17H2,3-8H3;8-15,18-21H,1,16-17H2,2-7H3. The summed E-state index contributed by atoms with van der Waals surface area (Å²) in [5.41, 5.74) is 5.04. The Balaban J connectivity index is 0.000000174. The number of halogens is 6. The van der Waals surface area contributed by atoms with Crippen LogP contribution in [0.25, 0.3) is 90.0 Å². The van der Waals surface area contributed by atoms with E-state index in [1.165, 1.54) is 50.1 Å². The smallest absolute Gasteiger partial charge is 0.349 e. The van der Waals surface area contributed by atoms with E-state index >= 15 is 13.2 Å². The number of pyridine rings is 4. The normalized spacial score (nSPS) is 17.0. The largest absolute Gasteiger partial charge is 0.355 e. The highest BCUT2D eigenvalue weighted by Crippen LogP contribution is 2.44. The number of rotatable bonds is 22. The van der Waals surface area contributed by atoms with Gasteiger partial charge in [0.25, 0.3) is 0 Å². The first-order valence-corrected chi connectivity index (χ1v) is 48.6. The predicted molar refractivity (Wildman–Crippen MR) is 537 cm³/mol. The van der Waals surface area contributed by atoms with E-state index in [0.29, 0.717) is 125 Å². The Morgan fingerprint density at radius 2 is 0.693 bits per heavy atom. The van der Waals surface area contributed by atoms with Crippen LogP contribution < -0.4 is 31.8 Å². The Kier molecular flexibility index (Phi) is 30.9. The fourth-order valence-corrected chi connectivity index (χ4v) is 19.8. The van der Waals surface area contributed by atoms with Gasteiger partial charge in [-0.15, -0.1) is 0 Å². The lowest BCUT2D eigenvalue weighted by Crippen LogP contribution is -2.58. The molecule has 9 aromatic heterocycles. The molecule has 3 fully saturated rings. The third kappa shape index (κ3) is 20.1. The molecular formula is C102H114Cl3F3N20O8S. The molecule has 28 nitrogen and oxygen atoms in total. The van der Waals surface area contributed by atoms with E-state index in [-0.39, 0.29) is 166 Å². The maximum absolute atomic E-state index is 15.2. The van der Waals surface area contributed by atoms with Gasteiger partial charge in [-0.25, -0.2) is 84.6 Å². The SMILES string of the molecule is C=CC(=O)N1CC(C)N(c2nc(=O)n(-c3c(C(C)C)cncc3C(C)C)c3nc(-c4ccccc4F)c(Cl)cc23)CC1C.C=CC(=O)N1CC(C)N(c2nc(=O)n(-c3c(C(C)C)nc(C=C)nc3C(C)C)c3nc(-c4ccccc4F)c(Cl)cc23)CC1C.C=CC(=O)N1CC(C)N(c2nc(=O)n(-c3c(C(C)C)nc(S(=O)(=O)CCC)nc3C(C)C)c3nc(-c4ccccc4F)c(Cl)cc23)CC1C. The zero-order chi connectivity index (χ0) is 99.8. The minimum absolute atomic E-state index is 0.0394. The van der Waals surface area contributed by atoms with Gasteiger partial charge in [0.1, 0.15) is 34.9 Å². The maximum Gasteiger partial charge on any atom is 0.355 e. The lowest BCUT2D eigenvalue weighted by molar-refractivity contribution is -0.129. The van der Waals surface area contributed by atoms with Crippen molar-refractivity contribution in [2.45, 2.75) is 215 Å². The van der Waals surface area contributed by atoms with Crippen LogP contribution in [-0.4, -0.2) is 191 Å². The number of amides is 3. The fourth-order valence-electron chi connectivity index (χ4n) is 17.9. The van der Waals surface area contributed by atoms with Crippen LogP contribution in [0, 0.1) is 17.5 Å². The van der Waals surface area contributed by atoms with Gasteiger partial charge in [0.2, 0.25) is 32.7 Å². The van der Waals surface area contributed by atoms with Crippen LogP contribution in [0.15, 0.2) is 167 Å². The van der Waals surface area contributed by atoms with E-state index in [1.54, 1.807) is 113 Å². The lowest BCUT2D eigenvalue weighted by Gasteiger charge is -2.44. The van der Waals surface area contributed by atoms with Crippen molar-refractivity contribution in [3.05, 3.63) is 252 Å². The number of carbonyl (C=O) groups is 3.